The van der Waals surface area contributed by atoms with Crippen molar-refractivity contribution in [2.75, 3.05) is 19.6 Å². The molecule has 2 aliphatic heterocycles. The summed E-state index contributed by atoms with van der Waals surface area (Å²) < 4.78 is 0. The second-order valence-electron chi connectivity index (χ2n) is 6.52. The van der Waals surface area contributed by atoms with E-state index in [2.05, 4.69) is 10.0 Å². The highest BCUT2D eigenvalue weighted by atomic mass is 32.1. The molecule has 130 valence electrons. The molecule has 0 spiro atoms. The average Bonchev–Trinajstić information content (AvgIpc) is 3.36. The fraction of sp³-hybridized carbons (Fsp3) is 0.368. The van der Waals surface area contributed by atoms with Crippen LogP contribution in [0.25, 0.3) is 0 Å². The lowest BCUT2D eigenvalue weighted by atomic mass is 10.00. The Morgan fingerprint density at radius 2 is 2.00 bits per heavy atom. The van der Waals surface area contributed by atoms with Crippen LogP contribution in [0.15, 0.2) is 46.9 Å². The maximum absolute atomic E-state index is 12.9. The third-order valence-corrected chi connectivity index (χ3v) is 5.74. The second kappa shape index (κ2) is 6.98. The summed E-state index contributed by atoms with van der Waals surface area (Å²) in [5.41, 5.74) is 1.67. The van der Waals surface area contributed by atoms with Crippen LogP contribution >= 0.6 is 11.3 Å². The van der Waals surface area contributed by atoms with Gasteiger partial charge in [0.2, 0.25) is 0 Å². The molecule has 1 amide bonds. The summed E-state index contributed by atoms with van der Waals surface area (Å²) in [5, 5.41) is 18.5. The maximum atomic E-state index is 12.9. The van der Waals surface area contributed by atoms with E-state index in [0.29, 0.717) is 13.0 Å². The number of likely N-dealkylation sites (tertiary alicyclic amines) is 1. The number of hydrogen-bond donors (Lipinski definition) is 1. The Morgan fingerprint density at radius 3 is 2.72 bits per heavy atom. The smallest absolute Gasteiger partial charge is 0.257 e. The minimum absolute atomic E-state index is 0.00158. The lowest BCUT2D eigenvalue weighted by Crippen LogP contribution is -2.36. The molecule has 4 rings (SSSR count). The predicted octanol–water partition coefficient (Wildman–Crippen LogP) is 3.23. The molecule has 1 saturated heterocycles. The van der Waals surface area contributed by atoms with Crippen molar-refractivity contribution < 1.29 is 9.90 Å². The van der Waals surface area contributed by atoms with Gasteiger partial charge < -0.3 is 5.11 Å². The summed E-state index contributed by atoms with van der Waals surface area (Å²) in [6, 6.07) is 11.0. The highest BCUT2D eigenvalue weighted by molar-refractivity contribution is 7.12. The normalized spacial score (nSPS) is 20.9. The van der Waals surface area contributed by atoms with Crippen LogP contribution in [0.3, 0.4) is 0 Å². The predicted molar refractivity (Wildman–Crippen MR) is 98.8 cm³/mol. The molecule has 1 atom stereocenters. The van der Waals surface area contributed by atoms with Crippen molar-refractivity contribution in [2.45, 2.75) is 25.3 Å². The number of phenols is 1. The van der Waals surface area contributed by atoms with Crippen molar-refractivity contribution in [3.8, 4) is 5.75 Å². The summed E-state index contributed by atoms with van der Waals surface area (Å²) in [4.78, 5) is 16.2. The molecule has 0 saturated carbocycles. The third kappa shape index (κ3) is 3.32. The third-order valence-electron chi connectivity index (χ3n) is 4.82. The molecule has 1 fully saturated rings. The van der Waals surface area contributed by atoms with Gasteiger partial charge in [0, 0.05) is 12.0 Å². The number of carbonyl (C=O) groups is 1. The monoisotopic (exact) mass is 355 g/mol. The van der Waals surface area contributed by atoms with Crippen LogP contribution in [0.5, 0.6) is 5.75 Å². The van der Waals surface area contributed by atoms with Crippen LogP contribution < -0.4 is 0 Å². The molecule has 3 heterocycles. The van der Waals surface area contributed by atoms with E-state index in [-0.39, 0.29) is 17.7 Å². The van der Waals surface area contributed by atoms with Gasteiger partial charge in [0.1, 0.15) is 5.75 Å². The number of hydrazone groups is 1. The van der Waals surface area contributed by atoms with Gasteiger partial charge in [0.25, 0.3) is 5.91 Å². The van der Waals surface area contributed by atoms with Crippen LogP contribution in [-0.2, 0) is 4.79 Å². The molecular formula is C19H21N3O2S. The number of amides is 1. The fourth-order valence-electron chi connectivity index (χ4n) is 3.55. The standard InChI is InChI=1S/C19H21N3O2S/c23-17-7-2-1-6-14(17)16-12-15(18-8-5-11-25-18)20-22(16)19(24)13-21-9-3-4-10-21/h1-2,5-8,11,16,23H,3-4,9-10,12-13H2/t16-/m0/s1. The van der Waals surface area contributed by atoms with Gasteiger partial charge in [-0.3, -0.25) is 9.69 Å². The first-order valence-corrected chi connectivity index (χ1v) is 9.54. The Kier molecular flexibility index (Phi) is 4.55. The minimum atomic E-state index is -0.242. The molecule has 1 aromatic carbocycles. The SMILES string of the molecule is O=C(CN1CCCC1)N1N=C(c2cccs2)C[C@H]1c1ccccc1O. The Hall–Kier alpha value is -2.18. The van der Waals surface area contributed by atoms with Gasteiger partial charge in [-0.05, 0) is 43.4 Å². The quantitative estimate of drug-likeness (QED) is 0.916. The Labute approximate surface area is 151 Å². The van der Waals surface area contributed by atoms with Crippen LogP contribution in [0, 0.1) is 0 Å². The first-order chi connectivity index (χ1) is 12.2. The number of para-hydroxylation sites is 1. The summed E-state index contributed by atoms with van der Waals surface area (Å²) in [6.07, 6.45) is 2.93. The number of hydrogen-bond acceptors (Lipinski definition) is 5. The Balaban J connectivity index is 1.62. The first kappa shape index (κ1) is 16.3. The molecule has 0 bridgehead atoms. The average molecular weight is 355 g/mol. The Morgan fingerprint density at radius 1 is 1.20 bits per heavy atom. The summed E-state index contributed by atoms with van der Waals surface area (Å²) in [6.45, 7) is 2.34. The van der Waals surface area contributed by atoms with E-state index >= 15 is 0 Å². The van der Waals surface area contributed by atoms with E-state index in [4.69, 9.17) is 0 Å². The van der Waals surface area contributed by atoms with Gasteiger partial charge in [-0.1, -0.05) is 24.3 Å². The number of phenolic OH excluding ortho intramolecular Hbond substituents is 1. The van der Waals surface area contributed by atoms with Crippen molar-refractivity contribution >= 4 is 23.0 Å². The molecule has 0 radical (unpaired) electrons. The van der Waals surface area contributed by atoms with Crippen LogP contribution in [0.2, 0.25) is 0 Å². The zero-order valence-corrected chi connectivity index (χ0v) is 14.8. The maximum Gasteiger partial charge on any atom is 0.257 e. The lowest BCUT2D eigenvalue weighted by Gasteiger charge is -2.25. The van der Waals surface area contributed by atoms with Crippen LogP contribution in [0.1, 0.15) is 35.7 Å². The van der Waals surface area contributed by atoms with E-state index in [9.17, 15) is 9.90 Å². The number of nitrogens with zero attached hydrogens (tertiary/aromatic N) is 3. The highest BCUT2D eigenvalue weighted by Gasteiger charge is 2.35. The molecular weight excluding hydrogens is 334 g/mol. The molecule has 6 heteroatoms. The summed E-state index contributed by atoms with van der Waals surface area (Å²) >= 11 is 1.63. The van der Waals surface area contributed by atoms with Gasteiger partial charge in [-0.15, -0.1) is 11.3 Å². The Bertz CT molecular complexity index is 782. The second-order valence-corrected chi connectivity index (χ2v) is 7.47. The largest absolute Gasteiger partial charge is 0.508 e. The van der Waals surface area contributed by atoms with Gasteiger partial charge in [-0.25, -0.2) is 5.01 Å². The molecule has 5 nitrogen and oxygen atoms in total. The molecule has 25 heavy (non-hydrogen) atoms. The minimum Gasteiger partial charge on any atom is -0.508 e. The number of carbonyl (C=O) groups excluding carboxylic acids is 1. The van der Waals surface area contributed by atoms with Crippen LogP contribution in [-0.4, -0.2) is 46.3 Å². The van der Waals surface area contributed by atoms with E-state index in [1.54, 1.807) is 28.5 Å². The molecule has 1 aromatic heterocycles. The van der Waals surface area contributed by atoms with Crippen molar-refractivity contribution in [2.24, 2.45) is 5.10 Å². The molecule has 2 aliphatic rings. The topological polar surface area (TPSA) is 56.1 Å². The molecule has 0 aliphatic carbocycles. The summed E-state index contributed by atoms with van der Waals surface area (Å²) in [7, 11) is 0. The zero-order valence-electron chi connectivity index (χ0n) is 14.0. The van der Waals surface area contributed by atoms with Crippen molar-refractivity contribution in [3.63, 3.8) is 0 Å². The van der Waals surface area contributed by atoms with Crippen molar-refractivity contribution in [1.82, 2.24) is 9.91 Å². The number of benzene rings is 1. The zero-order chi connectivity index (χ0) is 17.2. The highest BCUT2D eigenvalue weighted by Crippen LogP contribution is 2.37. The van der Waals surface area contributed by atoms with E-state index in [1.165, 1.54) is 0 Å². The fourth-order valence-corrected chi connectivity index (χ4v) is 4.27. The van der Waals surface area contributed by atoms with Crippen molar-refractivity contribution in [1.29, 1.82) is 0 Å². The lowest BCUT2D eigenvalue weighted by molar-refractivity contribution is -0.134. The number of rotatable bonds is 4. The molecule has 0 unspecified atom stereocenters. The van der Waals surface area contributed by atoms with Gasteiger partial charge in [0.05, 0.1) is 23.2 Å². The van der Waals surface area contributed by atoms with E-state index in [1.807, 2.05) is 29.6 Å². The van der Waals surface area contributed by atoms with E-state index < -0.39 is 0 Å². The molecule has 2 aromatic rings. The van der Waals surface area contributed by atoms with Gasteiger partial charge in [0.15, 0.2) is 0 Å². The van der Waals surface area contributed by atoms with Gasteiger partial charge >= 0.3 is 0 Å². The van der Waals surface area contributed by atoms with Crippen molar-refractivity contribution in [3.05, 3.63) is 52.2 Å². The summed E-state index contributed by atoms with van der Waals surface area (Å²) in [5.74, 6) is 0.218. The van der Waals surface area contributed by atoms with E-state index in [0.717, 1.165) is 42.1 Å². The van der Waals surface area contributed by atoms with Crippen LogP contribution in [0.4, 0.5) is 0 Å². The van der Waals surface area contributed by atoms with Gasteiger partial charge in [-0.2, -0.15) is 5.10 Å². The first-order valence-electron chi connectivity index (χ1n) is 8.66. The number of aromatic hydroxyl groups is 1. The molecule has 1 N–H and O–H groups in total. The number of thiophene rings is 1.